The Labute approximate surface area is 188 Å². The summed E-state index contributed by atoms with van der Waals surface area (Å²) in [4.78, 5) is 35.7. The van der Waals surface area contributed by atoms with Gasteiger partial charge in [-0.25, -0.2) is 4.79 Å². The SMILES string of the molecule is CCOC(=O)c1ccc(OCC(=O)NNC(=O)c2ccc(OCCOC)c(Br)c2)cc1. The minimum atomic E-state index is -0.554. The molecule has 10 heteroatoms. The number of carbonyl (C=O) groups is 3. The Morgan fingerprint density at radius 2 is 1.65 bits per heavy atom. The molecule has 0 spiro atoms. The summed E-state index contributed by atoms with van der Waals surface area (Å²) in [6.07, 6.45) is 0. The first-order valence-corrected chi connectivity index (χ1v) is 10.1. The largest absolute Gasteiger partial charge is 0.490 e. The Morgan fingerprint density at radius 3 is 2.29 bits per heavy atom. The molecule has 2 aromatic rings. The normalized spacial score (nSPS) is 10.2. The molecule has 0 unspecified atom stereocenters. The molecule has 0 radical (unpaired) electrons. The summed E-state index contributed by atoms with van der Waals surface area (Å²) in [7, 11) is 1.58. The Morgan fingerprint density at radius 1 is 0.935 bits per heavy atom. The Balaban J connectivity index is 1.78. The van der Waals surface area contributed by atoms with Crippen LogP contribution < -0.4 is 20.3 Å². The second kappa shape index (κ2) is 12.6. The van der Waals surface area contributed by atoms with Crippen LogP contribution in [0, 0.1) is 0 Å². The van der Waals surface area contributed by atoms with Crippen molar-refractivity contribution < 1.29 is 33.3 Å². The highest BCUT2D eigenvalue weighted by molar-refractivity contribution is 9.10. The van der Waals surface area contributed by atoms with Crippen molar-refractivity contribution in [3.8, 4) is 11.5 Å². The number of hydrazine groups is 1. The molecule has 0 aliphatic carbocycles. The zero-order valence-electron chi connectivity index (χ0n) is 17.1. The molecule has 0 atom stereocenters. The number of hydrogen-bond donors (Lipinski definition) is 2. The monoisotopic (exact) mass is 494 g/mol. The molecule has 2 rings (SSSR count). The zero-order chi connectivity index (χ0) is 22.6. The van der Waals surface area contributed by atoms with Crippen LogP contribution in [-0.2, 0) is 14.3 Å². The standard InChI is InChI=1S/C21H23BrN2O7/c1-3-29-21(27)14-4-7-16(8-5-14)31-13-19(25)23-24-20(26)15-6-9-18(17(22)12-15)30-11-10-28-2/h4-9,12H,3,10-11,13H2,1-2H3,(H,23,25)(H,24,26). The van der Waals surface area contributed by atoms with Crippen molar-refractivity contribution in [3.05, 3.63) is 58.1 Å². The zero-order valence-corrected chi connectivity index (χ0v) is 18.7. The van der Waals surface area contributed by atoms with Crippen LogP contribution in [0.5, 0.6) is 11.5 Å². The molecule has 0 aliphatic heterocycles. The van der Waals surface area contributed by atoms with Gasteiger partial charge in [0.15, 0.2) is 6.61 Å². The summed E-state index contributed by atoms with van der Waals surface area (Å²) in [5.74, 6) is -0.532. The second-order valence-corrected chi connectivity index (χ2v) is 6.88. The molecule has 0 bridgehead atoms. The third kappa shape index (κ3) is 7.91. The van der Waals surface area contributed by atoms with Gasteiger partial charge in [0, 0.05) is 12.7 Å². The molecule has 0 saturated heterocycles. The lowest BCUT2D eigenvalue weighted by Gasteiger charge is -2.11. The van der Waals surface area contributed by atoms with Gasteiger partial charge in [-0.2, -0.15) is 0 Å². The van der Waals surface area contributed by atoms with Crippen molar-refractivity contribution in [1.29, 1.82) is 0 Å². The third-order valence-electron chi connectivity index (χ3n) is 3.79. The Kier molecular flexibility index (Phi) is 9.79. The number of esters is 1. The van der Waals surface area contributed by atoms with E-state index in [1.807, 2.05) is 0 Å². The number of carbonyl (C=O) groups excluding carboxylic acids is 3. The van der Waals surface area contributed by atoms with Gasteiger partial charge in [0.25, 0.3) is 11.8 Å². The van der Waals surface area contributed by atoms with Crippen molar-refractivity contribution >= 4 is 33.7 Å². The molecule has 2 N–H and O–H groups in total. The van der Waals surface area contributed by atoms with Gasteiger partial charge < -0.3 is 18.9 Å². The first-order valence-electron chi connectivity index (χ1n) is 9.35. The van der Waals surface area contributed by atoms with Crippen molar-refractivity contribution in [3.63, 3.8) is 0 Å². The van der Waals surface area contributed by atoms with E-state index in [0.29, 0.717) is 40.3 Å². The van der Waals surface area contributed by atoms with Gasteiger partial charge in [0.1, 0.15) is 18.1 Å². The van der Waals surface area contributed by atoms with Crippen LogP contribution in [0.4, 0.5) is 0 Å². The van der Waals surface area contributed by atoms with Gasteiger partial charge >= 0.3 is 5.97 Å². The molecular weight excluding hydrogens is 472 g/mol. The predicted octanol–water partition coefficient (Wildman–Crippen LogP) is 2.49. The Hall–Kier alpha value is -3.11. The lowest BCUT2D eigenvalue weighted by molar-refractivity contribution is -0.123. The maximum absolute atomic E-state index is 12.2. The number of benzene rings is 2. The van der Waals surface area contributed by atoms with Crippen molar-refractivity contribution in [1.82, 2.24) is 10.9 Å². The van der Waals surface area contributed by atoms with E-state index < -0.39 is 17.8 Å². The van der Waals surface area contributed by atoms with E-state index in [4.69, 9.17) is 18.9 Å². The highest BCUT2D eigenvalue weighted by Crippen LogP contribution is 2.26. The molecule has 0 aliphatic rings. The molecule has 0 heterocycles. The summed E-state index contributed by atoms with van der Waals surface area (Å²) in [5.41, 5.74) is 5.29. The molecule has 2 aromatic carbocycles. The van der Waals surface area contributed by atoms with Crippen molar-refractivity contribution in [2.24, 2.45) is 0 Å². The molecule has 2 amide bonds. The number of hydrogen-bond acceptors (Lipinski definition) is 7. The molecule has 9 nitrogen and oxygen atoms in total. The summed E-state index contributed by atoms with van der Waals surface area (Å²) in [6, 6.07) is 10.9. The number of halogens is 1. The van der Waals surface area contributed by atoms with E-state index in [9.17, 15) is 14.4 Å². The minimum absolute atomic E-state index is 0.284. The quantitative estimate of drug-likeness (QED) is 0.296. The molecule has 31 heavy (non-hydrogen) atoms. The summed E-state index contributed by atoms with van der Waals surface area (Å²) in [5, 5.41) is 0. The van der Waals surface area contributed by atoms with Crippen LogP contribution in [-0.4, -0.2) is 51.3 Å². The van der Waals surface area contributed by atoms with E-state index in [1.165, 1.54) is 12.1 Å². The van der Waals surface area contributed by atoms with Crippen LogP contribution in [0.15, 0.2) is 46.9 Å². The summed E-state index contributed by atoms with van der Waals surface area (Å²) < 4.78 is 21.2. The van der Waals surface area contributed by atoms with Gasteiger partial charge in [-0.05, 0) is 65.3 Å². The fourth-order valence-corrected chi connectivity index (χ4v) is 2.77. The fraction of sp³-hybridized carbons (Fsp3) is 0.286. The number of amides is 2. The lowest BCUT2D eigenvalue weighted by Crippen LogP contribution is -2.43. The van der Waals surface area contributed by atoms with Gasteiger partial charge in [-0.3, -0.25) is 20.4 Å². The number of methoxy groups -OCH3 is 1. The van der Waals surface area contributed by atoms with Gasteiger partial charge in [0.05, 0.1) is 23.2 Å². The van der Waals surface area contributed by atoms with E-state index in [1.54, 1.807) is 44.4 Å². The first-order chi connectivity index (χ1) is 14.9. The molecular formula is C21H23BrN2O7. The van der Waals surface area contributed by atoms with E-state index in [2.05, 4.69) is 26.8 Å². The fourth-order valence-electron chi connectivity index (χ4n) is 2.28. The predicted molar refractivity (Wildman–Crippen MR) is 115 cm³/mol. The van der Waals surface area contributed by atoms with Crippen LogP contribution >= 0.6 is 15.9 Å². The van der Waals surface area contributed by atoms with Gasteiger partial charge in [-0.1, -0.05) is 0 Å². The number of nitrogens with one attached hydrogen (secondary N) is 2. The first kappa shape index (κ1) is 24.2. The number of ether oxygens (including phenoxy) is 4. The van der Waals surface area contributed by atoms with Crippen LogP contribution in [0.2, 0.25) is 0 Å². The van der Waals surface area contributed by atoms with Gasteiger partial charge in [0.2, 0.25) is 0 Å². The van der Waals surface area contributed by atoms with E-state index in [0.717, 1.165) is 0 Å². The Bertz CT molecular complexity index is 903. The van der Waals surface area contributed by atoms with E-state index >= 15 is 0 Å². The lowest BCUT2D eigenvalue weighted by atomic mass is 10.2. The average molecular weight is 495 g/mol. The maximum Gasteiger partial charge on any atom is 0.338 e. The van der Waals surface area contributed by atoms with Crippen LogP contribution in [0.3, 0.4) is 0 Å². The van der Waals surface area contributed by atoms with Crippen molar-refractivity contribution in [2.45, 2.75) is 6.92 Å². The smallest absolute Gasteiger partial charge is 0.338 e. The number of rotatable bonds is 10. The van der Waals surface area contributed by atoms with Gasteiger partial charge in [-0.15, -0.1) is 0 Å². The average Bonchev–Trinajstić information content (AvgIpc) is 2.77. The molecule has 166 valence electrons. The molecule has 0 saturated carbocycles. The highest BCUT2D eigenvalue weighted by atomic mass is 79.9. The van der Waals surface area contributed by atoms with Crippen LogP contribution in [0.1, 0.15) is 27.6 Å². The molecule has 0 fully saturated rings. The summed E-state index contributed by atoms with van der Waals surface area (Å²) >= 11 is 3.34. The maximum atomic E-state index is 12.2. The second-order valence-electron chi connectivity index (χ2n) is 6.02. The third-order valence-corrected chi connectivity index (χ3v) is 4.41. The summed E-state index contributed by atoms with van der Waals surface area (Å²) in [6.45, 7) is 2.50. The van der Waals surface area contributed by atoms with Crippen LogP contribution in [0.25, 0.3) is 0 Å². The topological polar surface area (TPSA) is 112 Å². The highest BCUT2D eigenvalue weighted by Gasteiger charge is 2.11. The van der Waals surface area contributed by atoms with Crippen molar-refractivity contribution in [2.75, 3.05) is 33.5 Å². The van der Waals surface area contributed by atoms with E-state index in [-0.39, 0.29) is 13.2 Å². The minimum Gasteiger partial charge on any atom is -0.490 e. The molecule has 0 aromatic heterocycles.